The highest BCUT2D eigenvalue weighted by Crippen LogP contribution is 2.44. The van der Waals surface area contributed by atoms with Gasteiger partial charge in [-0.15, -0.1) is 0 Å². The molecule has 0 aliphatic rings. The monoisotopic (exact) mass is 464 g/mol. The van der Waals surface area contributed by atoms with Crippen LogP contribution < -0.4 is 11.1 Å². The van der Waals surface area contributed by atoms with Crippen LogP contribution in [0.2, 0.25) is 5.02 Å². The van der Waals surface area contributed by atoms with Crippen molar-refractivity contribution in [2.24, 2.45) is 11.7 Å². The van der Waals surface area contributed by atoms with E-state index in [9.17, 15) is 9.59 Å². The number of aryl methyl sites for hydroxylation is 1. The summed E-state index contributed by atoms with van der Waals surface area (Å²) in [7, 11) is 0. The molecular weight excluding hydrogens is 436 g/mol. The smallest absolute Gasteiger partial charge is 0.312 e. The molecule has 0 saturated heterocycles. The van der Waals surface area contributed by atoms with Crippen LogP contribution in [0.5, 0.6) is 0 Å². The molecule has 0 heterocycles. The third-order valence-electron chi connectivity index (χ3n) is 5.66. The number of halogens is 1. The zero-order chi connectivity index (χ0) is 23.8. The van der Waals surface area contributed by atoms with Crippen LogP contribution in [0.4, 0.5) is 4.79 Å². The molecular formula is C27H29ClN2O3. The topological polar surface area (TPSA) is 81.4 Å². The highest BCUT2D eigenvalue weighted by Gasteiger charge is 2.42. The SMILES string of the molecule is Cc1ccc(C(OC(=O)[C@@H](C)CCCNC(N)=O)(c2ccccc2)c2ccccc2Cl)cc1. The fourth-order valence-corrected chi connectivity index (χ4v) is 4.12. The van der Waals surface area contributed by atoms with Gasteiger partial charge in [0, 0.05) is 28.3 Å². The lowest BCUT2D eigenvalue weighted by atomic mass is 9.79. The molecule has 0 aliphatic heterocycles. The van der Waals surface area contributed by atoms with E-state index < -0.39 is 17.6 Å². The van der Waals surface area contributed by atoms with Crippen molar-refractivity contribution in [1.29, 1.82) is 0 Å². The molecule has 0 saturated carbocycles. The van der Waals surface area contributed by atoms with E-state index in [1.807, 2.05) is 86.6 Å². The first-order chi connectivity index (χ1) is 15.8. The molecule has 3 aromatic carbocycles. The molecule has 3 aromatic rings. The number of benzene rings is 3. The van der Waals surface area contributed by atoms with Crippen molar-refractivity contribution in [3.8, 4) is 0 Å². The van der Waals surface area contributed by atoms with Crippen LogP contribution in [0.15, 0.2) is 78.9 Å². The zero-order valence-electron chi connectivity index (χ0n) is 18.9. The zero-order valence-corrected chi connectivity index (χ0v) is 19.6. The van der Waals surface area contributed by atoms with Gasteiger partial charge >= 0.3 is 12.0 Å². The summed E-state index contributed by atoms with van der Waals surface area (Å²) in [6.45, 7) is 4.24. The van der Waals surface area contributed by atoms with Gasteiger partial charge in [0.05, 0.1) is 5.92 Å². The highest BCUT2D eigenvalue weighted by atomic mass is 35.5. The molecule has 0 bridgehead atoms. The lowest BCUT2D eigenvalue weighted by Crippen LogP contribution is -2.37. The summed E-state index contributed by atoms with van der Waals surface area (Å²) in [6, 6.07) is 24.4. The van der Waals surface area contributed by atoms with E-state index in [1.54, 1.807) is 6.07 Å². The number of nitrogens with two attached hydrogens (primary N) is 1. The minimum absolute atomic E-state index is 0.349. The van der Waals surface area contributed by atoms with Crippen LogP contribution >= 0.6 is 11.6 Å². The molecule has 2 atom stereocenters. The Bertz CT molecular complexity index is 1090. The van der Waals surface area contributed by atoms with Crippen molar-refractivity contribution >= 4 is 23.6 Å². The summed E-state index contributed by atoms with van der Waals surface area (Å²) >= 11 is 6.69. The fourth-order valence-electron chi connectivity index (χ4n) is 3.85. The standard InChI is InChI=1S/C27H29ClN2O3/c1-19-14-16-22(17-15-19)27(21-10-4-3-5-11-21,23-12-6-7-13-24(23)28)33-25(31)20(2)9-8-18-30-26(29)32/h3-7,10-17,20H,8-9,18H2,1-2H3,(H3,29,30,32)/t20-,27?/m0/s1. The van der Waals surface area contributed by atoms with Gasteiger partial charge in [-0.3, -0.25) is 4.79 Å². The van der Waals surface area contributed by atoms with Gasteiger partial charge in [-0.05, 0) is 25.8 Å². The number of carbonyl (C=O) groups excluding carboxylic acids is 2. The van der Waals surface area contributed by atoms with E-state index >= 15 is 0 Å². The van der Waals surface area contributed by atoms with Gasteiger partial charge in [0.1, 0.15) is 0 Å². The van der Waals surface area contributed by atoms with Crippen molar-refractivity contribution < 1.29 is 14.3 Å². The summed E-state index contributed by atoms with van der Waals surface area (Å²) in [4.78, 5) is 24.3. The molecule has 33 heavy (non-hydrogen) atoms. The van der Waals surface area contributed by atoms with E-state index in [0.717, 1.165) is 16.7 Å². The molecule has 0 spiro atoms. The highest BCUT2D eigenvalue weighted by molar-refractivity contribution is 6.31. The normalized spacial score (nSPS) is 13.5. The third-order valence-corrected chi connectivity index (χ3v) is 5.99. The lowest BCUT2D eigenvalue weighted by molar-refractivity contribution is -0.158. The van der Waals surface area contributed by atoms with Crippen molar-refractivity contribution in [2.75, 3.05) is 6.54 Å². The maximum Gasteiger partial charge on any atom is 0.312 e. The minimum atomic E-state index is -1.22. The van der Waals surface area contributed by atoms with Crippen LogP contribution in [0.1, 0.15) is 42.0 Å². The molecule has 2 amide bonds. The Morgan fingerprint density at radius 3 is 2.21 bits per heavy atom. The third kappa shape index (κ3) is 5.74. The van der Waals surface area contributed by atoms with Gasteiger partial charge in [0.2, 0.25) is 0 Å². The molecule has 0 fully saturated rings. The van der Waals surface area contributed by atoms with E-state index in [0.29, 0.717) is 30.0 Å². The molecule has 0 aliphatic carbocycles. The number of amides is 2. The number of nitrogens with one attached hydrogen (secondary N) is 1. The molecule has 3 rings (SSSR count). The van der Waals surface area contributed by atoms with Gasteiger partial charge < -0.3 is 15.8 Å². The van der Waals surface area contributed by atoms with Crippen molar-refractivity contribution in [1.82, 2.24) is 5.32 Å². The number of ether oxygens (including phenoxy) is 1. The van der Waals surface area contributed by atoms with Crippen molar-refractivity contribution in [3.05, 3.63) is 106 Å². The van der Waals surface area contributed by atoms with E-state index in [4.69, 9.17) is 22.1 Å². The van der Waals surface area contributed by atoms with E-state index in [2.05, 4.69) is 5.32 Å². The number of hydrogen-bond donors (Lipinski definition) is 2. The molecule has 0 aromatic heterocycles. The number of urea groups is 1. The summed E-state index contributed by atoms with van der Waals surface area (Å²) in [5.41, 5.74) is 7.30. The Hall–Kier alpha value is -3.31. The summed E-state index contributed by atoms with van der Waals surface area (Å²) in [5, 5.41) is 3.06. The molecule has 5 nitrogen and oxygen atoms in total. The van der Waals surface area contributed by atoms with Crippen LogP contribution in [0.25, 0.3) is 0 Å². The number of hydrogen-bond acceptors (Lipinski definition) is 3. The molecule has 1 unspecified atom stereocenters. The van der Waals surface area contributed by atoms with Gasteiger partial charge in [-0.2, -0.15) is 0 Å². The van der Waals surface area contributed by atoms with Gasteiger partial charge in [-0.25, -0.2) is 4.79 Å². The first-order valence-corrected chi connectivity index (χ1v) is 11.4. The first kappa shape index (κ1) is 24.3. The number of carbonyl (C=O) groups is 2. The summed E-state index contributed by atoms with van der Waals surface area (Å²) < 4.78 is 6.42. The number of esters is 1. The second-order valence-corrected chi connectivity index (χ2v) is 8.56. The van der Waals surface area contributed by atoms with Crippen molar-refractivity contribution in [3.63, 3.8) is 0 Å². The molecule has 0 radical (unpaired) electrons. The lowest BCUT2D eigenvalue weighted by Gasteiger charge is -2.36. The molecule has 172 valence electrons. The predicted octanol–water partition coefficient (Wildman–Crippen LogP) is 5.57. The Kier molecular flexibility index (Phi) is 8.12. The average molecular weight is 465 g/mol. The van der Waals surface area contributed by atoms with E-state index in [1.165, 1.54) is 0 Å². The Morgan fingerprint density at radius 1 is 0.970 bits per heavy atom. The molecule has 3 N–H and O–H groups in total. The van der Waals surface area contributed by atoms with Gasteiger partial charge in [0.25, 0.3) is 0 Å². The van der Waals surface area contributed by atoms with Gasteiger partial charge in [-0.1, -0.05) is 96.9 Å². The van der Waals surface area contributed by atoms with Crippen LogP contribution in [-0.4, -0.2) is 18.5 Å². The second-order valence-electron chi connectivity index (χ2n) is 8.15. The predicted molar refractivity (Wildman–Crippen MR) is 131 cm³/mol. The Balaban J connectivity index is 2.06. The average Bonchev–Trinajstić information content (AvgIpc) is 2.81. The number of rotatable bonds is 9. The largest absolute Gasteiger partial charge is 0.444 e. The summed E-state index contributed by atoms with van der Waals surface area (Å²) in [5.74, 6) is -0.742. The summed E-state index contributed by atoms with van der Waals surface area (Å²) in [6.07, 6.45) is 1.15. The van der Waals surface area contributed by atoms with Crippen LogP contribution in [0.3, 0.4) is 0 Å². The molecule has 6 heteroatoms. The number of primary amides is 1. The maximum atomic E-state index is 13.4. The maximum absolute atomic E-state index is 13.4. The van der Waals surface area contributed by atoms with Crippen molar-refractivity contribution in [2.45, 2.75) is 32.3 Å². The quantitative estimate of drug-likeness (QED) is 0.247. The van der Waals surface area contributed by atoms with Crippen LogP contribution in [0, 0.1) is 12.8 Å². The van der Waals surface area contributed by atoms with Crippen LogP contribution in [-0.2, 0) is 15.1 Å². The van der Waals surface area contributed by atoms with E-state index in [-0.39, 0.29) is 5.97 Å². The Labute approximate surface area is 199 Å². The minimum Gasteiger partial charge on any atom is -0.444 e. The fraction of sp³-hybridized carbons (Fsp3) is 0.259. The first-order valence-electron chi connectivity index (χ1n) is 11.0. The van der Waals surface area contributed by atoms with Gasteiger partial charge in [0.15, 0.2) is 5.60 Å². The second kappa shape index (κ2) is 11.0. The Morgan fingerprint density at radius 2 is 1.58 bits per heavy atom.